The van der Waals surface area contributed by atoms with E-state index in [0.29, 0.717) is 18.1 Å². The predicted molar refractivity (Wildman–Crippen MR) is 73.6 cm³/mol. The molecule has 1 aromatic carbocycles. The van der Waals surface area contributed by atoms with Crippen LogP contribution in [-0.2, 0) is 11.3 Å². The number of anilines is 1. The van der Waals surface area contributed by atoms with Gasteiger partial charge in [-0.3, -0.25) is 0 Å². The Hall–Kier alpha value is -1.06. The maximum absolute atomic E-state index is 9.32. The Balaban J connectivity index is 2.00. The second-order valence-electron chi connectivity index (χ2n) is 5.33. The number of aliphatic hydroxyl groups is 1. The van der Waals surface area contributed by atoms with Crippen molar-refractivity contribution in [2.75, 3.05) is 11.9 Å². The van der Waals surface area contributed by atoms with Crippen molar-refractivity contribution in [2.45, 2.75) is 45.4 Å². The number of hydrogen-bond donors (Lipinski definition) is 2. The summed E-state index contributed by atoms with van der Waals surface area (Å²) in [4.78, 5) is 0. The van der Waals surface area contributed by atoms with Crippen molar-refractivity contribution in [3.63, 3.8) is 0 Å². The smallest absolute Gasteiger partial charge is 0.0701 e. The second kappa shape index (κ2) is 6.21. The summed E-state index contributed by atoms with van der Waals surface area (Å²) >= 11 is 0. The summed E-state index contributed by atoms with van der Waals surface area (Å²) in [6.07, 6.45) is 2.41. The first-order chi connectivity index (χ1) is 8.70. The maximum atomic E-state index is 9.32. The molecular weight excluding hydrogens is 226 g/mol. The van der Waals surface area contributed by atoms with Gasteiger partial charge in [0.05, 0.1) is 12.7 Å². The van der Waals surface area contributed by atoms with E-state index in [1.807, 2.05) is 24.3 Å². The average molecular weight is 249 g/mol. The molecule has 0 radical (unpaired) electrons. The molecule has 2 atom stereocenters. The Kier molecular flexibility index (Phi) is 4.61. The molecule has 100 valence electrons. The molecule has 0 amide bonds. The zero-order valence-electron chi connectivity index (χ0n) is 11.2. The lowest BCUT2D eigenvalue weighted by atomic mass is 9.95. The minimum absolute atomic E-state index is 0.0833. The highest BCUT2D eigenvalue weighted by Gasteiger charge is 2.24. The van der Waals surface area contributed by atoms with E-state index in [1.54, 1.807) is 0 Å². The summed E-state index contributed by atoms with van der Waals surface area (Å²) in [5.74, 6) is 0.558. The highest BCUT2D eigenvalue weighted by atomic mass is 16.5. The van der Waals surface area contributed by atoms with Crippen LogP contribution in [0.15, 0.2) is 24.3 Å². The van der Waals surface area contributed by atoms with Crippen LogP contribution in [-0.4, -0.2) is 23.9 Å². The van der Waals surface area contributed by atoms with E-state index in [0.717, 1.165) is 30.7 Å². The van der Waals surface area contributed by atoms with Crippen molar-refractivity contribution in [1.29, 1.82) is 0 Å². The number of hydrogen-bond acceptors (Lipinski definition) is 3. The van der Waals surface area contributed by atoms with E-state index in [1.165, 1.54) is 0 Å². The Labute approximate surface area is 109 Å². The summed E-state index contributed by atoms with van der Waals surface area (Å²) in [6.45, 7) is 5.31. The lowest BCUT2D eigenvalue weighted by molar-refractivity contribution is -0.0161. The maximum Gasteiger partial charge on any atom is 0.0701 e. The molecule has 3 nitrogen and oxygen atoms in total. The molecule has 0 aromatic heterocycles. The van der Waals surface area contributed by atoms with Gasteiger partial charge in [0.15, 0.2) is 0 Å². The topological polar surface area (TPSA) is 41.5 Å². The van der Waals surface area contributed by atoms with Crippen LogP contribution < -0.4 is 5.32 Å². The minimum Gasteiger partial charge on any atom is -0.392 e. The van der Waals surface area contributed by atoms with Crippen molar-refractivity contribution < 1.29 is 9.84 Å². The molecule has 3 heteroatoms. The van der Waals surface area contributed by atoms with E-state index in [-0.39, 0.29) is 6.61 Å². The zero-order valence-corrected chi connectivity index (χ0v) is 11.2. The first kappa shape index (κ1) is 13.4. The third kappa shape index (κ3) is 3.24. The molecule has 1 aromatic rings. The highest BCUT2D eigenvalue weighted by Crippen LogP contribution is 2.24. The molecule has 1 heterocycles. The van der Waals surface area contributed by atoms with E-state index in [4.69, 9.17) is 4.74 Å². The van der Waals surface area contributed by atoms with Crippen LogP contribution in [0.5, 0.6) is 0 Å². The molecular formula is C15H23NO2. The van der Waals surface area contributed by atoms with Gasteiger partial charge in [0.25, 0.3) is 0 Å². The van der Waals surface area contributed by atoms with Gasteiger partial charge in [-0.1, -0.05) is 32.0 Å². The van der Waals surface area contributed by atoms with Gasteiger partial charge in [0.1, 0.15) is 0 Å². The van der Waals surface area contributed by atoms with E-state index in [9.17, 15) is 5.11 Å². The summed E-state index contributed by atoms with van der Waals surface area (Å²) in [7, 11) is 0. The minimum atomic E-state index is 0.0833. The summed E-state index contributed by atoms with van der Waals surface area (Å²) < 4.78 is 5.77. The van der Waals surface area contributed by atoms with Crippen molar-refractivity contribution in [2.24, 2.45) is 5.92 Å². The lowest BCUT2D eigenvalue weighted by Gasteiger charge is -2.33. The van der Waals surface area contributed by atoms with Gasteiger partial charge >= 0.3 is 0 Å². The fourth-order valence-corrected chi connectivity index (χ4v) is 2.44. The number of ether oxygens (including phenoxy) is 1. The molecule has 1 saturated heterocycles. The Bertz CT molecular complexity index is 379. The van der Waals surface area contributed by atoms with Gasteiger partial charge in [0, 0.05) is 23.9 Å². The normalized spacial score (nSPS) is 24.2. The van der Waals surface area contributed by atoms with Crippen LogP contribution >= 0.6 is 0 Å². The van der Waals surface area contributed by atoms with Gasteiger partial charge in [-0.05, 0) is 24.8 Å². The fraction of sp³-hybridized carbons (Fsp3) is 0.600. The number of aliphatic hydroxyl groups excluding tert-OH is 1. The Morgan fingerprint density at radius 2 is 2.17 bits per heavy atom. The van der Waals surface area contributed by atoms with Crippen molar-refractivity contribution in [1.82, 2.24) is 0 Å². The summed E-state index contributed by atoms with van der Waals surface area (Å²) in [5, 5.41) is 12.9. The van der Waals surface area contributed by atoms with Crippen LogP contribution in [0.1, 0.15) is 32.3 Å². The summed E-state index contributed by atoms with van der Waals surface area (Å²) in [5.41, 5.74) is 2.01. The third-order valence-corrected chi connectivity index (χ3v) is 3.61. The molecule has 2 rings (SSSR count). The SMILES string of the molecule is CC(C)C1CC(Nc2ccccc2CO)CCO1. The molecule has 0 saturated carbocycles. The molecule has 0 aliphatic carbocycles. The molecule has 18 heavy (non-hydrogen) atoms. The third-order valence-electron chi connectivity index (χ3n) is 3.61. The highest BCUT2D eigenvalue weighted by molar-refractivity contribution is 5.51. The van der Waals surface area contributed by atoms with E-state index >= 15 is 0 Å². The first-order valence-electron chi connectivity index (χ1n) is 6.77. The zero-order chi connectivity index (χ0) is 13.0. The van der Waals surface area contributed by atoms with Gasteiger partial charge in [-0.15, -0.1) is 0 Å². The standard InChI is InChI=1S/C15H23NO2/c1-11(2)15-9-13(7-8-18-15)16-14-6-4-3-5-12(14)10-17/h3-6,11,13,15-17H,7-10H2,1-2H3. The number of nitrogens with one attached hydrogen (secondary N) is 1. The van der Waals surface area contributed by atoms with Crippen LogP contribution in [0.25, 0.3) is 0 Å². The van der Waals surface area contributed by atoms with Crippen molar-refractivity contribution in [3.8, 4) is 0 Å². The molecule has 2 unspecified atom stereocenters. The number of rotatable bonds is 4. The number of para-hydroxylation sites is 1. The summed E-state index contributed by atoms with van der Waals surface area (Å²) in [6, 6.07) is 8.39. The molecule has 0 bridgehead atoms. The fourth-order valence-electron chi connectivity index (χ4n) is 2.44. The van der Waals surface area contributed by atoms with Gasteiger partial charge < -0.3 is 15.2 Å². The lowest BCUT2D eigenvalue weighted by Crippen LogP contribution is -2.36. The largest absolute Gasteiger partial charge is 0.392 e. The quantitative estimate of drug-likeness (QED) is 0.862. The Morgan fingerprint density at radius 1 is 1.39 bits per heavy atom. The molecule has 1 fully saturated rings. The monoisotopic (exact) mass is 249 g/mol. The van der Waals surface area contributed by atoms with Gasteiger partial charge in [0.2, 0.25) is 0 Å². The number of benzene rings is 1. The van der Waals surface area contributed by atoms with Gasteiger partial charge in [-0.25, -0.2) is 0 Å². The van der Waals surface area contributed by atoms with Crippen LogP contribution in [0.2, 0.25) is 0 Å². The molecule has 1 aliphatic heterocycles. The van der Waals surface area contributed by atoms with Crippen LogP contribution in [0, 0.1) is 5.92 Å². The van der Waals surface area contributed by atoms with Crippen LogP contribution in [0.3, 0.4) is 0 Å². The predicted octanol–water partition coefficient (Wildman–Crippen LogP) is 2.79. The molecule has 0 spiro atoms. The van der Waals surface area contributed by atoms with Crippen molar-refractivity contribution in [3.05, 3.63) is 29.8 Å². The average Bonchev–Trinajstić information content (AvgIpc) is 2.39. The van der Waals surface area contributed by atoms with Crippen molar-refractivity contribution >= 4 is 5.69 Å². The molecule has 2 N–H and O–H groups in total. The van der Waals surface area contributed by atoms with Gasteiger partial charge in [-0.2, -0.15) is 0 Å². The second-order valence-corrected chi connectivity index (χ2v) is 5.33. The van der Waals surface area contributed by atoms with E-state index in [2.05, 4.69) is 19.2 Å². The first-order valence-corrected chi connectivity index (χ1v) is 6.77. The molecule has 1 aliphatic rings. The van der Waals surface area contributed by atoms with E-state index < -0.39 is 0 Å². The Morgan fingerprint density at radius 3 is 2.89 bits per heavy atom. The van der Waals surface area contributed by atoms with Crippen LogP contribution in [0.4, 0.5) is 5.69 Å².